The number of carbonyl (C=O) groups is 1. The van der Waals surface area contributed by atoms with Crippen LogP contribution in [0.15, 0.2) is 18.2 Å². The highest BCUT2D eigenvalue weighted by Crippen LogP contribution is 2.19. The fourth-order valence-electron chi connectivity index (χ4n) is 1.56. The lowest BCUT2D eigenvalue weighted by atomic mass is 10.0. The molecule has 1 heterocycles. The van der Waals surface area contributed by atoms with E-state index in [-0.39, 0.29) is 11.8 Å². The van der Waals surface area contributed by atoms with E-state index in [0.29, 0.717) is 18.8 Å². The number of halogens is 2. The Hall–Kier alpha value is -1.49. The zero-order valence-electron chi connectivity index (χ0n) is 8.84. The highest BCUT2D eigenvalue weighted by Gasteiger charge is 2.28. The first kappa shape index (κ1) is 11.0. The molecule has 0 spiro atoms. The second-order valence-corrected chi connectivity index (χ2v) is 3.85. The van der Waals surface area contributed by atoms with Crippen LogP contribution in [0.2, 0.25) is 0 Å². The van der Waals surface area contributed by atoms with E-state index in [0.717, 1.165) is 12.1 Å². The minimum absolute atomic E-state index is 0.0573. The molecule has 0 atom stereocenters. The Labute approximate surface area is 92.1 Å². The lowest BCUT2D eigenvalue weighted by Gasteiger charge is -2.30. The molecule has 0 aromatic heterocycles. The summed E-state index contributed by atoms with van der Waals surface area (Å²) < 4.78 is 25.7. The Morgan fingerprint density at radius 3 is 2.56 bits per heavy atom. The van der Waals surface area contributed by atoms with E-state index in [1.807, 2.05) is 0 Å². The summed E-state index contributed by atoms with van der Waals surface area (Å²) in [5.41, 5.74) is 0.371. The molecular weight excluding hydrogens is 214 g/mol. The van der Waals surface area contributed by atoms with E-state index < -0.39 is 11.6 Å². The molecule has 1 aliphatic heterocycles. The third-order valence-electron chi connectivity index (χ3n) is 2.75. The van der Waals surface area contributed by atoms with Crippen LogP contribution < -0.4 is 10.2 Å². The Kier molecular flexibility index (Phi) is 2.87. The highest BCUT2D eigenvalue weighted by atomic mass is 19.2. The average Bonchev–Trinajstić information content (AvgIpc) is 2.18. The normalized spacial score (nSPS) is 15.7. The fourth-order valence-corrected chi connectivity index (χ4v) is 1.56. The van der Waals surface area contributed by atoms with Gasteiger partial charge in [-0.2, -0.15) is 0 Å². The van der Waals surface area contributed by atoms with Gasteiger partial charge in [0.1, 0.15) is 0 Å². The van der Waals surface area contributed by atoms with Crippen LogP contribution in [0.25, 0.3) is 0 Å². The topological polar surface area (TPSA) is 32.3 Å². The van der Waals surface area contributed by atoms with Gasteiger partial charge in [-0.1, -0.05) is 0 Å². The molecule has 16 heavy (non-hydrogen) atoms. The summed E-state index contributed by atoms with van der Waals surface area (Å²) in [6.45, 7) is 1.29. The van der Waals surface area contributed by atoms with Gasteiger partial charge in [0.15, 0.2) is 11.6 Å². The molecule has 1 fully saturated rings. The number of carbonyl (C=O) groups excluding carboxylic acids is 1. The molecular formula is C11H12F2N2O. The summed E-state index contributed by atoms with van der Waals surface area (Å²) in [5, 5.41) is 2.99. The summed E-state index contributed by atoms with van der Waals surface area (Å²) in [5.74, 6) is -1.98. The van der Waals surface area contributed by atoms with Gasteiger partial charge in [0.2, 0.25) is 5.91 Å². The van der Waals surface area contributed by atoms with E-state index in [2.05, 4.69) is 5.32 Å². The summed E-state index contributed by atoms with van der Waals surface area (Å²) in [7, 11) is 1.56. The van der Waals surface area contributed by atoms with Crippen molar-refractivity contribution in [2.75, 3.05) is 25.0 Å². The van der Waals surface area contributed by atoms with Crippen molar-refractivity contribution in [3.05, 3.63) is 29.8 Å². The molecule has 1 aliphatic rings. The summed E-state index contributed by atoms with van der Waals surface area (Å²) in [6, 6.07) is 3.44. The Morgan fingerprint density at radius 2 is 2.06 bits per heavy atom. The second-order valence-electron chi connectivity index (χ2n) is 3.85. The van der Waals surface area contributed by atoms with Crippen LogP contribution in [0.5, 0.6) is 0 Å². The van der Waals surface area contributed by atoms with Crippen molar-refractivity contribution in [2.45, 2.75) is 0 Å². The molecule has 0 aliphatic carbocycles. The van der Waals surface area contributed by atoms with Crippen molar-refractivity contribution in [3.8, 4) is 0 Å². The lowest BCUT2D eigenvalue weighted by molar-refractivity contribution is -0.123. The minimum Gasteiger partial charge on any atom is -0.315 e. The Bertz CT molecular complexity index is 418. The predicted molar refractivity (Wildman–Crippen MR) is 56.1 cm³/mol. The second kappa shape index (κ2) is 4.17. The van der Waals surface area contributed by atoms with E-state index in [1.54, 1.807) is 7.05 Å². The van der Waals surface area contributed by atoms with Gasteiger partial charge in [-0.3, -0.25) is 4.79 Å². The molecule has 0 radical (unpaired) electrons. The largest absolute Gasteiger partial charge is 0.315 e. The van der Waals surface area contributed by atoms with Crippen molar-refractivity contribution >= 4 is 11.6 Å². The number of rotatable bonds is 2. The maximum Gasteiger partial charge on any atom is 0.232 e. The molecule has 1 amide bonds. The smallest absolute Gasteiger partial charge is 0.232 e. The first-order valence-electron chi connectivity index (χ1n) is 5.03. The van der Waals surface area contributed by atoms with Crippen molar-refractivity contribution in [2.24, 2.45) is 5.92 Å². The van der Waals surface area contributed by atoms with Crippen LogP contribution in [0.4, 0.5) is 14.5 Å². The first-order chi connectivity index (χ1) is 7.59. The van der Waals surface area contributed by atoms with Gasteiger partial charge in [-0.25, -0.2) is 8.78 Å². The number of hydrogen-bond acceptors (Lipinski definition) is 2. The summed E-state index contributed by atoms with van der Waals surface area (Å²) >= 11 is 0. The molecule has 3 nitrogen and oxygen atoms in total. The molecule has 1 aromatic carbocycles. The van der Waals surface area contributed by atoms with Crippen molar-refractivity contribution in [3.63, 3.8) is 0 Å². The van der Waals surface area contributed by atoms with E-state index in [9.17, 15) is 13.6 Å². The first-order valence-corrected chi connectivity index (χ1v) is 5.03. The third kappa shape index (κ3) is 1.90. The van der Waals surface area contributed by atoms with Gasteiger partial charge in [0.05, 0.1) is 5.92 Å². The van der Waals surface area contributed by atoms with Gasteiger partial charge in [0, 0.05) is 31.9 Å². The van der Waals surface area contributed by atoms with E-state index >= 15 is 0 Å². The number of benzene rings is 1. The third-order valence-corrected chi connectivity index (χ3v) is 2.75. The van der Waals surface area contributed by atoms with Gasteiger partial charge in [0.25, 0.3) is 0 Å². The molecule has 5 heteroatoms. The van der Waals surface area contributed by atoms with Gasteiger partial charge < -0.3 is 10.2 Å². The number of hydrogen-bond donors (Lipinski definition) is 1. The number of nitrogens with one attached hydrogen (secondary N) is 1. The van der Waals surface area contributed by atoms with Crippen molar-refractivity contribution < 1.29 is 13.6 Å². The number of anilines is 1. The quantitative estimate of drug-likeness (QED) is 0.820. The lowest BCUT2D eigenvalue weighted by Crippen LogP contribution is -2.51. The molecule has 2 rings (SSSR count). The molecule has 1 N–H and O–H groups in total. The summed E-state index contributed by atoms with van der Waals surface area (Å²) in [6.07, 6.45) is 0. The standard InChI is InChI=1S/C11H12F2N2O/c1-15(11(16)7-5-14-6-7)8-2-3-9(12)10(13)4-8/h2-4,7,14H,5-6H2,1H3. The van der Waals surface area contributed by atoms with Crippen molar-refractivity contribution in [1.29, 1.82) is 0 Å². The van der Waals surface area contributed by atoms with Crippen LogP contribution in [0.1, 0.15) is 0 Å². The molecule has 1 saturated heterocycles. The number of amides is 1. The van der Waals surface area contributed by atoms with E-state index in [1.165, 1.54) is 11.0 Å². The SMILES string of the molecule is CN(C(=O)C1CNC1)c1ccc(F)c(F)c1. The fraction of sp³-hybridized carbons (Fsp3) is 0.364. The average molecular weight is 226 g/mol. The zero-order chi connectivity index (χ0) is 11.7. The minimum atomic E-state index is -0.941. The van der Waals surface area contributed by atoms with Crippen LogP contribution in [-0.2, 0) is 4.79 Å². The maximum atomic E-state index is 13.0. The van der Waals surface area contributed by atoms with E-state index in [4.69, 9.17) is 0 Å². The number of nitrogens with zero attached hydrogens (tertiary/aromatic N) is 1. The Morgan fingerprint density at radius 1 is 1.38 bits per heavy atom. The zero-order valence-corrected chi connectivity index (χ0v) is 8.84. The molecule has 0 saturated carbocycles. The Balaban J connectivity index is 2.16. The molecule has 0 bridgehead atoms. The predicted octanol–water partition coefficient (Wildman–Crippen LogP) is 1.15. The molecule has 1 aromatic rings. The van der Waals surface area contributed by atoms with Crippen LogP contribution in [0, 0.1) is 17.6 Å². The highest BCUT2D eigenvalue weighted by molar-refractivity contribution is 5.95. The monoisotopic (exact) mass is 226 g/mol. The summed E-state index contributed by atoms with van der Waals surface area (Å²) in [4.78, 5) is 13.1. The van der Waals surface area contributed by atoms with Gasteiger partial charge >= 0.3 is 0 Å². The van der Waals surface area contributed by atoms with Crippen LogP contribution >= 0.6 is 0 Å². The molecule has 86 valence electrons. The van der Waals surface area contributed by atoms with Gasteiger partial charge in [-0.05, 0) is 12.1 Å². The van der Waals surface area contributed by atoms with Crippen LogP contribution in [-0.4, -0.2) is 26.0 Å². The van der Waals surface area contributed by atoms with Crippen LogP contribution in [0.3, 0.4) is 0 Å². The maximum absolute atomic E-state index is 13.0. The van der Waals surface area contributed by atoms with Crippen molar-refractivity contribution in [1.82, 2.24) is 5.32 Å². The van der Waals surface area contributed by atoms with Gasteiger partial charge in [-0.15, -0.1) is 0 Å². The molecule has 0 unspecified atom stereocenters.